The highest BCUT2D eigenvalue weighted by Crippen LogP contribution is 2.25. The monoisotopic (exact) mass is 409 g/mol. The van der Waals surface area contributed by atoms with Crippen molar-refractivity contribution in [2.24, 2.45) is 0 Å². The van der Waals surface area contributed by atoms with Gasteiger partial charge in [-0.2, -0.15) is 0 Å². The fourth-order valence-corrected chi connectivity index (χ4v) is 4.22. The third-order valence-corrected chi connectivity index (χ3v) is 5.90. The normalized spacial score (nSPS) is 26.0. The number of amides is 2. The van der Waals surface area contributed by atoms with E-state index >= 15 is 0 Å². The lowest BCUT2D eigenvalue weighted by molar-refractivity contribution is -0.132. The Labute approximate surface area is 170 Å². The highest BCUT2D eigenvalue weighted by atomic mass is 35.5. The maximum atomic E-state index is 12.3. The summed E-state index contributed by atoms with van der Waals surface area (Å²) in [7, 11) is 0. The number of carbonyl (C=O) groups excluding carboxylic acids is 2. The zero-order valence-corrected chi connectivity index (χ0v) is 16.9. The quantitative estimate of drug-likeness (QED) is 0.765. The second-order valence-electron chi connectivity index (χ2n) is 7.42. The molecule has 0 spiro atoms. The van der Waals surface area contributed by atoms with Crippen molar-refractivity contribution in [3.8, 4) is 5.75 Å². The number of halogens is 1. The summed E-state index contributed by atoms with van der Waals surface area (Å²) < 4.78 is 5.48. The summed E-state index contributed by atoms with van der Waals surface area (Å²) >= 11 is 6.03. The predicted octanol–water partition coefficient (Wildman–Crippen LogP) is 1.28. The summed E-state index contributed by atoms with van der Waals surface area (Å²) in [4.78, 5) is 27.9. The highest BCUT2D eigenvalue weighted by molar-refractivity contribution is 6.32. The number of rotatable bonds is 5. The molecule has 0 unspecified atom stereocenters. The number of aliphatic hydroxyl groups excluding tert-OH is 1. The second kappa shape index (κ2) is 9.58. The maximum Gasteiger partial charge on any atom is 0.258 e. The first-order valence-corrected chi connectivity index (χ1v) is 10.2. The zero-order valence-electron chi connectivity index (χ0n) is 16.1. The first kappa shape index (κ1) is 20.9. The number of aliphatic hydroxyl groups is 1. The SMILES string of the molecule is CC(=O)N1CCN([C@@H]2CCC[C@@H](NC(=O)COc3ccccc3Cl)[C@H]2O)CC1. The average molecular weight is 410 g/mol. The van der Waals surface area contributed by atoms with Crippen LogP contribution in [-0.4, -0.2) is 77.7 Å². The number of para-hydroxylation sites is 1. The minimum absolute atomic E-state index is 0.00218. The molecule has 3 rings (SSSR count). The first-order chi connectivity index (χ1) is 13.5. The van der Waals surface area contributed by atoms with E-state index in [4.69, 9.17) is 16.3 Å². The third kappa shape index (κ3) is 5.16. The zero-order chi connectivity index (χ0) is 20.1. The Morgan fingerprint density at radius 1 is 1.21 bits per heavy atom. The summed E-state index contributed by atoms with van der Waals surface area (Å²) in [5, 5.41) is 14.2. The van der Waals surface area contributed by atoms with Crippen molar-refractivity contribution in [3.63, 3.8) is 0 Å². The molecule has 7 nitrogen and oxygen atoms in total. The van der Waals surface area contributed by atoms with E-state index in [1.165, 1.54) is 0 Å². The van der Waals surface area contributed by atoms with Crippen molar-refractivity contribution < 1.29 is 19.4 Å². The molecule has 1 heterocycles. The van der Waals surface area contributed by atoms with E-state index in [1.807, 2.05) is 4.90 Å². The topological polar surface area (TPSA) is 82.1 Å². The van der Waals surface area contributed by atoms with E-state index in [0.717, 1.165) is 32.4 Å². The molecule has 1 saturated carbocycles. The Balaban J connectivity index is 1.50. The molecule has 1 aliphatic carbocycles. The van der Waals surface area contributed by atoms with E-state index in [1.54, 1.807) is 31.2 Å². The van der Waals surface area contributed by atoms with Gasteiger partial charge in [-0.15, -0.1) is 0 Å². The Morgan fingerprint density at radius 2 is 1.93 bits per heavy atom. The molecule has 1 aliphatic heterocycles. The van der Waals surface area contributed by atoms with E-state index in [2.05, 4.69) is 10.2 Å². The second-order valence-corrected chi connectivity index (χ2v) is 7.83. The number of hydrogen-bond donors (Lipinski definition) is 2. The minimum Gasteiger partial charge on any atom is -0.482 e. The molecule has 2 N–H and O–H groups in total. The highest BCUT2D eigenvalue weighted by Gasteiger charge is 2.37. The van der Waals surface area contributed by atoms with Crippen LogP contribution >= 0.6 is 11.6 Å². The van der Waals surface area contributed by atoms with Crippen LogP contribution in [0.3, 0.4) is 0 Å². The fourth-order valence-electron chi connectivity index (χ4n) is 4.03. The average Bonchev–Trinajstić information content (AvgIpc) is 2.69. The number of benzene rings is 1. The van der Waals surface area contributed by atoms with E-state index in [-0.39, 0.29) is 30.5 Å². The molecule has 3 atom stereocenters. The molecule has 2 amide bonds. The van der Waals surface area contributed by atoms with E-state index in [9.17, 15) is 14.7 Å². The summed E-state index contributed by atoms with van der Waals surface area (Å²) in [6, 6.07) is 6.70. The lowest BCUT2D eigenvalue weighted by atomic mass is 9.86. The Hall–Kier alpha value is -1.83. The van der Waals surface area contributed by atoms with Crippen LogP contribution in [-0.2, 0) is 9.59 Å². The van der Waals surface area contributed by atoms with Crippen LogP contribution in [0.25, 0.3) is 0 Å². The molecule has 0 radical (unpaired) electrons. The van der Waals surface area contributed by atoms with Gasteiger partial charge in [0.1, 0.15) is 5.75 Å². The minimum atomic E-state index is -0.637. The van der Waals surface area contributed by atoms with Crippen LogP contribution < -0.4 is 10.1 Å². The molecule has 0 aromatic heterocycles. The van der Waals surface area contributed by atoms with Crippen molar-refractivity contribution in [1.29, 1.82) is 0 Å². The maximum absolute atomic E-state index is 12.3. The van der Waals surface area contributed by atoms with Gasteiger partial charge in [0.2, 0.25) is 5.91 Å². The summed E-state index contributed by atoms with van der Waals surface area (Å²) in [5.74, 6) is 0.281. The molecular formula is C20H28ClN3O4. The molecule has 1 saturated heterocycles. The van der Waals surface area contributed by atoms with Crippen LogP contribution in [0.15, 0.2) is 24.3 Å². The third-order valence-electron chi connectivity index (χ3n) is 5.59. The van der Waals surface area contributed by atoms with Crippen LogP contribution in [0.4, 0.5) is 0 Å². The van der Waals surface area contributed by atoms with Gasteiger partial charge in [-0.3, -0.25) is 14.5 Å². The number of piperazine rings is 1. The molecular weight excluding hydrogens is 382 g/mol. The molecule has 1 aromatic carbocycles. The first-order valence-electron chi connectivity index (χ1n) is 9.80. The molecule has 28 heavy (non-hydrogen) atoms. The van der Waals surface area contributed by atoms with Gasteiger partial charge >= 0.3 is 0 Å². The predicted molar refractivity (Wildman–Crippen MR) is 106 cm³/mol. The van der Waals surface area contributed by atoms with E-state index < -0.39 is 6.10 Å². The molecule has 0 bridgehead atoms. The van der Waals surface area contributed by atoms with E-state index in [0.29, 0.717) is 23.9 Å². The van der Waals surface area contributed by atoms with Gasteiger partial charge in [0.25, 0.3) is 5.91 Å². The molecule has 2 fully saturated rings. The van der Waals surface area contributed by atoms with Crippen LogP contribution in [0, 0.1) is 0 Å². The van der Waals surface area contributed by atoms with Crippen LogP contribution in [0.2, 0.25) is 5.02 Å². The molecule has 2 aliphatic rings. The van der Waals surface area contributed by atoms with Gasteiger partial charge in [-0.1, -0.05) is 23.7 Å². The summed E-state index contributed by atoms with van der Waals surface area (Å²) in [6.07, 6.45) is 1.93. The number of nitrogens with one attached hydrogen (secondary N) is 1. The number of ether oxygens (including phenoxy) is 1. The summed E-state index contributed by atoms with van der Waals surface area (Å²) in [5.41, 5.74) is 0. The van der Waals surface area contributed by atoms with Crippen LogP contribution in [0.1, 0.15) is 26.2 Å². The number of carbonyl (C=O) groups is 2. The summed E-state index contributed by atoms with van der Waals surface area (Å²) in [6.45, 7) is 4.30. The van der Waals surface area contributed by atoms with Crippen molar-refractivity contribution >= 4 is 23.4 Å². The number of hydrogen-bond acceptors (Lipinski definition) is 5. The van der Waals surface area contributed by atoms with Crippen molar-refractivity contribution in [2.45, 2.75) is 44.4 Å². The smallest absolute Gasteiger partial charge is 0.258 e. The van der Waals surface area contributed by atoms with Gasteiger partial charge < -0.3 is 20.1 Å². The largest absolute Gasteiger partial charge is 0.482 e. The standard InChI is InChI=1S/C20H28ClN3O4/c1-14(25)23-9-11-24(12-10-23)17-7-4-6-16(20(17)27)22-19(26)13-28-18-8-3-2-5-15(18)21/h2-3,5,8,16-17,20,27H,4,6-7,9-13H2,1H3,(H,22,26)/t16-,17-,20-/m1/s1. The fraction of sp³-hybridized carbons (Fsp3) is 0.600. The van der Waals surface area contributed by atoms with Gasteiger partial charge in [-0.05, 0) is 31.4 Å². The van der Waals surface area contributed by atoms with Gasteiger partial charge in [0.05, 0.1) is 17.2 Å². The van der Waals surface area contributed by atoms with Crippen molar-refractivity contribution in [2.75, 3.05) is 32.8 Å². The lowest BCUT2D eigenvalue weighted by Gasteiger charge is -2.45. The molecule has 8 heteroatoms. The Bertz CT molecular complexity index is 694. The van der Waals surface area contributed by atoms with Crippen molar-refractivity contribution in [3.05, 3.63) is 29.3 Å². The number of nitrogens with zero attached hydrogens (tertiary/aromatic N) is 2. The van der Waals surface area contributed by atoms with Crippen molar-refractivity contribution in [1.82, 2.24) is 15.1 Å². The van der Waals surface area contributed by atoms with Gasteiger partial charge in [0.15, 0.2) is 6.61 Å². The van der Waals surface area contributed by atoms with Gasteiger partial charge in [0, 0.05) is 39.1 Å². The Kier molecular flexibility index (Phi) is 7.15. The lowest BCUT2D eigenvalue weighted by Crippen LogP contribution is -2.60. The molecule has 154 valence electrons. The molecule has 1 aromatic rings. The Morgan fingerprint density at radius 3 is 2.61 bits per heavy atom. The van der Waals surface area contributed by atoms with Crippen LogP contribution in [0.5, 0.6) is 5.75 Å². The van der Waals surface area contributed by atoms with Gasteiger partial charge in [-0.25, -0.2) is 0 Å².